The molecule has 0 rings (SSSR count). The van der Waals surface area contributed by atoms with E-state index in [1.165, 1.54) is 0 Å². The van der Waals surface area contributed by atoms with Gasteiger partial charge in [-0.1, -0.05) is 18.3 Å². The van der Waals surface area contributed by atoms with Crippen molar-refractivity contribution in [1.29, 1.82) is 0 Å². The quantitative estimate of drug-likeness (QED) is 0.276. The second-order valence-electron chi connectivity index (χ2n) is 2.33. The van der Waals surface area contributed by atoms with Gasteiger partial charge >= 0.3 is 29.6 Å². The van der Waals surface area contributed by atoms with Gasteiger partial charge in [0.2, 0.25) is 0 Å². The van der Waals surface area contributed by atoms with Crippen molar-refractivity contribution in [2.45, 2.75) is 24.4 Å². The summed E-state index contributed by atoms with van der Waals surface area (Å²) >= 11 is 4.24. The molecule has 0 aromatic heterocycles. The predicted molar refractivity (Wildman–Crippen MR) is 46.2 cm³/mol. The van der Waals surface area contributed by atoms with Gasteiger partial charge in [-0.3, -0.25) is 0 Å². The van der Waals surface area contributed by atoms with Gasteiger partial charge in [0, 0.05) is 0 Å². The number of aliphatic hydroxyl groups is 4. The molecule has 0 amide bonds. The molecule has 0 aliphatic rings. The van der Waals surface area contributed by atoms with Gasteiger partial charge in [-0.2, -0.15) is 0 Å². The maximum absolute atomic E-state index is 10.7. The van der Waals surface area contributed by atoms with Crippen LogP contribution < -0.4 is 34.7 Å². The zero-order valence-corrected chi connectivity index (χ0v) is 10.5. The Balaban J connectivity index is -0.000000605. The van der Waals surface area contributed by atoms with Gasteiger partial charge in [-0.05, 0) is 5.37 Å². The second kappa shape index (κ2) is 10.4. The summed E-state index contributed by atoms with van der Waals surface area (Å²) in [5.74, 6) is 0. The Morgan fingerprint density at radius 3 is 1.93 bits per heavy atom. The maximum Gasteiger partial charge on any atom is 1.00 e. The van der Waals surface area contributed by atoms with Gasteiger partial charge in [-0.15, -0.1) is 0 Å². The van der Waals surface area contributed by atoms with Crippen LogP contribution in [0.5, 0.6) is 0 Å². The number of thiocarbonyl (C=S) groups is 1. The van der Waals surface area contributed by atoms with E-state index in [9.17, 15) is 5.11 Å². The molecule has 14 heavy (non-hydrogen) atoms. The normalized spacial score (nSPS) is 18.1. The second-order valence-corrected chi connectivity index (χ2v) is 2.60. The summed E-state index contributed by atoms with van der Waals surface area (Å²) in [6.07, 6.45) is -6.52. The third-order valence-electron chi connectivity index (χ3n) is 1.40. The first kappa shape index (κ1) is 20.3. The van der Waals surface area contributed by atoms with Crippen molar-refractivity contribution in [2.75, 3.05) is 6.61 Å². The smallest absolute Gasteiger partial charge is 0.846 e. The van der Waals surface area contributed by atoms with Crippen molar-refractivity contribution in [3.05, 3.63) is 0 Å². The van der Waals surface area contributed by atoms with Crippen molar-refractivity contribution >= 4 is 17.6 Å². The Kier molecular flexibility index (Phi) is 15.0. The molecule has 0 spiro atoms. The Hall–Kier alpha value is 0.850. The van der Waals surface area contributed by atoms with Gasteiger partial charge in [0.25, 0.3) is 0 Å². The standard InChI is InChI=1S/C6H11O5S.Na.H2O/c7-1-3(8)5(10)6(11)4(9)2-12;;/h2-8,10-11H,1H2;;1H2/q-1;+1;/t3-,4+,5-,6-;;/m1../s1. The van der Waals surface area contributed by atoms with E-state index in [2.05, 4.69) is 12.2 Å². The van der Waals surface area contributed by atoms with Crippen molar-refractivity contribution < 1.29 is 60.6 Å². The summed E-state index contributed by atoms with van der Waals surface area (Å²) in [5.41, 5.74) is 0. The zero-order valence-electron chi connectivity index (χ0n) is 7.70. The molecule has 0 aliphatic heterocycles. The first-order chi connectivity index (χ1) is 5.54. The molecule has 0 aromatic carbocycles. The van der Waals surface area contributed by atoms with Crippen LogP contribution in [0, 0.1) is 0 Å². The van der Waals surface area contributed by atoms with Gasteiger partial charge in [0.1, 0.15) is 12.2 Å². The van der Waals surface area contributed by atoms with E-state index in [1.54, 1.807) is 0 Å². The van der Waals surface area contributed by atoms with E-state index < -0.39 is 31.0 Å². The molecular formula is C6H13NaO6S. The monoisotopic (exact) mass is 236 g/mol. The Bertz CT molecular complexity index is 148. The minimum Gasteiger partial charge on any atom is -0.846 e. The SMILES string of the molecule is O.[Na+].[O-][C@@H](C=S)[C@@H](O)[C@H](O)[C@H](O)CO. The summed E-state index contributed by atoms with van der Waals surface area (Å²) in [6, 6.07) is 0. The van der Waals surface area contributed by atoms with Crippen LogP contribution in [-0.4, -0.2) is 62.3 Å². The van der Waals surface area contributed by atoms with Crippen LogP contribution in [0.15, 0.2) is 0 Å². The van der Waals surface area contributed by atoms with E-state index >= 15 is 0 Å². The Labute approximate surface area is 109 Å². The molecule has 6 N–H and O–H groups in total. The third kappa shape index (κ3) is 6.36. The molecule has 80 valence electrons. The van der Waals surface area contributed by atoms with Crippen LogP contribution >= 0.6 is 12.2 Å². The molecule has 0 saturated carbocycles. The summed E-state index contributed by atoms with van der Waals surface area (Å²) in [5, 5.41) is 46.5. The molecule has 0 aromatic rings. The van der Waals surface area contributed by atoms with Crippen LogP contribution in [-0.2, 0) is 0 Å². The summed E-state index contributed by atoms with van der Waals surface area (Å²) in [6.45, 7) is -0.720. The van der Waals surface area contributed by atoms with Crippen molar-refractivity contribution in [2.24, 2.45) is 0 Å². The summed E-state index contributed by atoms with van der Waals surface area (Å²) in [7, 11) is 0. The molecule has 0 heterocycles. The van der Waals surface area contributed by atoms with Crippen LogP contribution in [0.3, 0.4) is 0 Å². The minimum atomic E-state index is -1.69. The van der Waals surface area contributed by atoms with Crippen LogP contribution in [0.1, 0.15) is 0 Å². The first-order valence-electron chi connectivity index (χ1n) is 3.30. The fourth-order valence-electron chi connectivity index (χ4n) is 0.610. The van der Waals surface area contributed by atoms with Crippen molar-refractivity contribution in [3.63, 3.8) is 0 Å². The van der Waals surface area contributed by atoms with Gasteiger partial charge < -0.3 is 31.0 Å². The molecule has 0 saturated heterocycles. The fraction of sp³-hybridized carbons (Fsp3) is 0.833. The average Bonchev–Trinajstić information content (AvgIpc) is 2.12. The van der Waals surface area contributed by atoms with Crippen molar-refractivity contribution in [3.8, 4) is 0 Å². The maximum atomic E-state index is 10.7. The van der Waals surface area contributed by atoms with Gasteiger partial charge in [-0.25, -0.2) is 0 Å². The molecule has 0 fully saturated rings. The molecule has 8 heteroatoms. The number of hydrogen-bond acceptors (Lipinski definition) is 6. The van der Waals surface area contributed by atoms with E-state index in [-0.39, 0.29) is 35.0 Å². The number of rotatable bonds is 5. The summed E-state index contributed by atoms with van der Waals surface area (Å²) in [4.78, 5) is 0. The van der Waals surface area contributed by atoms with Gasteiger partial charge in [0.15, 0.2) is 0 Å². The third-order valence-corrected chi connectivity index (χ3v) is 1.67. The Morgan fingerprint density at radius 1 is 1.21 bits per heavy atom. The summed E-state index contributed by atoms with van der Waals surface area (Å²) < 4.78 is 0. The van der Waals surface area contributed by atoms with E-state index in [4.69, 9.17) is 20.4 Å². The number of hydrogen-bond donors (Lipinski definition) is 4. The largest absolute Gasteiger partial charge is 1.00 e. The Morgan fingerprint density at radius 2 is 1.64 bits per heavy atom. The fourth-order valence-corrected chi connectivity index (χ4v) is 0.771. The van der Waals surface area contributed by atoms with E-state index in [0.29, 0.717) is 0 Å². The first-order valence-corrected chi connectivity index (χ1v) is 3.78. The number of aliphatic hydroxyl groups excluding tert-OH is 4. The predicted octanol–water partition coefficient (Wildman–Crippen LogP) is -7.03. The molecule has 4 atom stereocenters. The molecule has 0 bridgehead atoms. The molecule has 0 aliphatic carbocycles. The average molecular weight is 236 g/mol. The molecule has 6 nitrogen and oxygen atoms in total. The van der Waals surface area contributed by atoms with Crippen LogP contribution in [0.2, 0.25) is 0 Å². The van der Waals surface area contributed by atoms with Crippen molar-refractivity contribution in [1.82, 2.24) is 0 Å². The van der Waals surface area contributed by atoms with Gasteiger partial charge in [0.05, 0.1) is 12.7 Å². The molecular weight excluding hydrogens is 223 g/mol. The topological polar surface area (TPSA) is 135 Å². The van der Waals surface area contributed by atoms with Crippen LogP contribution in [0.4, 0.5) is 0 Å². The van der Waals surface area contributed by atoms with E-state index in [1.807, 2.05) is 0 Å². The van der Waals surface area contributed by atoms with Crippen LogP contribution in [0.25, 0.3) is 0 Å². The molecule has 0 radical (unpaired) electrons. The minimum absolute atomic E-state index is 0. The zero-order chi connectivity index (χ0) is 9.72. The molecule has 0 unspecified atom stereocenters. The van der Waals surface area contributed by atoms with E-state index in [0.717, 1.165) is 5.37 Å².